The molecule has 0 bridgehead atoms. The SMILES string of the molecule is COc1ccccc1N1CCN(CCCNC2CC2)CC1. The summed E-state index contributed by atoms with van der Waals surface area (Å²) >= 11 is 0. The number of hydrogen-bond donors (Lipinski definition) is 1. The molecular weight excluding hydrogens is 262 g/mol. The third-order valence-corrected chi connectivity index (χ3v) is 4.46. The fraction of sp³-hybridized carbons (Fsp3) is 0.647. The van der Waals surface area contributed by atoms with Crippen molar-refractivity contribution >= 4 is 5.69 Å². The number of ether oxygens (including phenoxy) is 1. The van der Waals surface area contributed by atoms with E-state index in [1.807, 2.05) is 12.1 Å². The van der Waals surface area contributed by atoms with Gasteiger partial charge in [0.1, 0.15) is 5.75 Å². The van der Waals surface area contributed by atoms with Crippen molar-refractivity contribution in [1.82, 2.24) is 10.2 Å². The monoisotopic (exact) mass is 289 g/mol. The van der Waals surface area contributed by atoms with Crippen LogP contribution in [0, 0.1) is 0 Å². The summed E-state index contributed by atoms with van der Waals surface area (Å²) < 4.78 is 5.47. The van der Waals surface area contributed by atoms with Gasteiger partial charge in [-0.1, -0.05) is 12.1 Å². The van der Waals surface area contributed by atoms with E-state index < -0.39 is 0 Å². The van der Waals surface area contributed by atoms with Gasteiger partial charge < -0.3 is 15.0 Å². The number of rotatable bonds is 7. The Hall–Kier alpha value is -1.26. The summed E-state index contributed by atoms with van der Waals surface area (Å²) in [6, 6.07) is 9.17. The molecule has 2 aliphatic rings. The van der Waals surface area contributed by atoms with E-state index >= 15 is 0 Å². The highest BCUT2D eigenvalue weighted by Gasteiger charge is 2.21. The lowest BCUT2D eigenvalue weighted by atomic mass is 10.2. The highest BCUT2D eigenvalue weighted by molar-refractivity contribution is 5.58. The first-order valence-electron chi connectivity index (χ1n) is 8.20. The van der Waals surface area contributed by atoms with E-state index in [2.05, 4.69) is 27.2 Å². The Morgan fingerprint density at radius 2 is 1.90 bits per heavy atom. The van der Waals surface area contributed by atoms with E-state index in [9.17, 15) is 0 Å². The molecule has 1 N–H and O–H groups in total. The smallest absolute Gasteiger partial charge is 0.142 e. The quantitative estimate of drug-likeness (QED) is 0.777. The van der Waals surface area contributed by atoms with Crippen LogP contribution < -0.4 is 15.0 Å². The van der Waals surface area contributed by atoms with Gasteiger partial charge in [-0.3, -0.25) is 4.90 Å². The fourth-order valence-corrected chi connectivity index (χ4v) is 3.00. The Balaban J connectivity index is 1.41. The number of nitrogens with one attached hydrogen (secondary N) is 1. The Labute approximate surface area is 128 Å². The van der Waals surface area contributed by atoms with E-state index in [0.29, 0.717) is 0 Å². The molecule has 0 unspecified atom stereocenters. The molecule has 1 aliphatic heterocycles. The van der Waals surface area contributed by atoms with E-state index in [0.717, 1.165) is 38.0 Å². The largest absolute Gasteiger partial charge is 0.495 e. The first-order valence-corrected chi connectivity index (χ1v) is 8.20. The van der Waals surface area contributed by atoms with Gasteiger partial charge in [0, 0.05) is 32.2 Å². The first-order chi connectivity index (χ1) is 10.4. The molecule has 0 atom stereocenters. The van der Waals surface area contributed by atoms with Crippen LogP contribution in [-0.4, -0.2) is 57.3 Å². The lowest BCUT2D eigenvalue weighted by Gasteiger charge is -2.36. The third kappa shape index (κ3) is 4.11. The number of piperazine rings is 1. The topological polar surface area (TPSA) is 27.7 Å². The van der Waals surface area contributed by atoms with Crippen LogP contribution in [0.4, 0.5) is 5.69 Å². The molecule has 1 saturated carbocycles. The molecule has 2 fully saturated rings. The van der Waals surface area contributed by atoms with Crippen LogP contribution in [0.5, 0.6) is 5.75 Å². The number of benzene rings is 1. The van der Waals surface area contributed by atoms with Gasteiger partial charge in [0.25, 0.3) is 0 Å². The molecule has 0 aromatic heterocycles. The van der Waals surface area contributed by atoms with Crippen LogP contribution in [0.3, 0.4) is 0 Å². The molecule has 1 saturated heterocycles. The van der Waals surface area contributed by atoms with Gasteiger partial charge in [-0.05, 0) is 44.5 Å². The van der Waals surface area contributed by atoms with Crippen molar-refractivity contribution in [3.8, 4) is 5.75 Å². The van der Waals surface area contributed by atoms with Gasteiger partial charge in [-0.25, -0.2) is 0 Å². The minimum atomic E-state index is 0.840. The van der Waals surface area contributed by atoms with Crippen LogP contribution in [0.1, 0.15) is 19.3 Å². The molecular formula is C17H27N3O. The maximum Gasteiger partial charge on any atom is 0.142 e. The molecule has 1 aliphatic carbocycles. The van der Waals surface area contributed by atoms with Gasteiger partial charge in [0.15, 0.2) is 0 Å². The van der Waals surface area contributed by atoms with Crippen molar-refractivity contribution in [2.45, 2.75) is 25.3 Å². The Morgan fingerprint density at radius 1 is 1.14 bits per heavy atom. The maximum absolute atomic E-state index is 5.47. The van der Waals surface area contributed by atoms with Gasteiger partial charge in [0.05, 0.1) is 12.8 Å². The summed E-state index contributed by atoms with van der Waals surface area (Å²) in [5.41, 5.74) is 1.23. The minimum Gasteiger partial charge on any atom is -0.495 e. The van der Waals surface area contributed by atoms with Gasteiger partial charge in [-0.2, -0.15) is 0 Å². The van der Waals surface area contributed by atoms with E-state index in [4.69, 9.17) is 4.74 Å². The van der Waals surface area contributed by atoms with Crippen LogP contribution in [0.15, 0.2) is 24.3 Å². The minimum absolute atomic E-state index is 0.840. The van der Waals surface area contributed by atoms with Crippen LogP contribution in [-0.2, 0) is 0 Å². The summed E-state index contributed by atoms with van der Waals surface area (Å²) in [6.45, 7) is 6.90. The maximum atomic E-state index is 5.47. The van der Waals surface area contributed by atoms with Crippen molar-refractivity contribution in [2.24, 2.45) is 0 Å². The number of anilines is 1. The van der Waals surface area contributed by atoms with E-state index in [1.54, 1.807) is 7.11 Å². The molecule has 1 heterocycles. The average Bonchev–Trinajstić information content (AvgIpc) is 3.36. The zero-order valence-electron chi connectivity index (χ0n) is 13.1. The zero-order chi connectivity index (χ0) is 14.5. The van der Waals surface area contributed by atoms with Crippen LogP contribution in [0.2, 0.25) is 0 Å². The highest BCUT2D eigenvalue weighted by Crippen LogP contribution is 2.28. The predicted molar refractivity (Wildman–Crippen MR) is 87.3 cm³/mol. The molecule has 3 rings (SSSR count). The summed E-state index contributed by atoms with van der Waals surface area (Å²) in [6.07, 6.45) is 4.04. The van der Waals surface area contributed by atoms with Crippen LogP contribution in [0.25, 0.3) is 0 Å². The standard InChI is InChI=1S/C17H27N3O/c1-21-17-6-3-2-5-16(17)20-13-11-19(12-14-20)10-4-9-18-15-7-8-15/h2-3,5-6,15,18H,4,7-14H2,1H3. The molecule has 4 heteroatoms. The Bertz CT molecular complexity index is 439. The second kappa shape index (κ2) is 7.14. The molecule has 0 spiro atoms. The van der Waals surface area contributed by atoms with Crippen molar-refractivity contribution < 1.29 is 4.74 Å². The number of hydrogen-bond acceptors (Lipinski definition) is 4. The Kier molecular flexibility index (Phi) is 4.99. The molecule has 116 valence electrons. The molecule has 0 amide bonds. The van der Waals surface area contributed by atoms with Gasteiger partial charge in [-0.15, -0.1) is 0 Å². The predicted octanol–water partition coefficient (Wildman–Crippen LogP) is 1.96. The normalized spacial score (nSPS) is 19.8. The van der Waals surface area contributed by atoms with Gasteiger partial charge >= 0.3 is 0 Å². The van der Waals surface area contributed by atoms with E-state index in [1.165, 1.54) is 38.0 Å². The first kappa shape index (κ1) is 14.7. The molecule has 1 aromatic carbocycles. The summed E-state index contributed by atoms with van der Waals surface area (Å²) in [7, 11) is 1.75. The summed E-state index contributed by atoms with van der Waals surface area (Å²) in [5.74, 6) is 0.986. The lowest BCUT2D eigenvalue weighted by molar-refractivity contribution is 0.253. The molecule has 21 heavy (non-hydrogen) atoms. The van der Waals surface area contributed by atoms with E-state index in [-0.39, 0.29) is 0 Å². The van der Waals surface area contributed by atoms with Crippen LogP contribution >= 0.6 is 0 Å². The van der Waals surface area contributed by atoms with Crippen molar-refractivity contribution in [3.63, 3.8) is 0 Å². The van der Waals surface area contributed by atoms with Crippen molar-refractivity contribution in [2.75, 3.05) is 51.3 Å². The number of para-hydroxylation sites is 2. The van der Waals surface area contributed by atoms with Crippen molar-refractivity contribution in [1.29, 1.82) is 0 Å². The Morgan fingerprint density at radius 3 is 2.62 bits per heavy atom. The fourth-order valence-electron chi connectivity index (χ4n) is 3.00. The third-order valence-electron chi connectivity index (χ3n) is 4.46. The molecule has 0 radical (unpaired) electrons. The summed E-state index contributed by atoms with van der Waals surface area (Å²) in [4.78, 5) is 5.03. The number of methoxy groups -OCH3 is 1. The van der Waals surface area contributed by atoms with Crippen molar-refractivity contribution in [3.05, 3.63) is 24.3 Å². The van der Waals surface area contributed by atoms with Gasteiger partial charge in [0.2, 0.25) is 0 Å². The average molecular weight is 289 g/mol. The molecule has 4 nitrogen and oxygen atoms in total. The summed E-state index contributed by atoms with van der Waals surface area (Å²) in [5, 5.41) is 3.59. The zero-order valence-corrected chi connectivity index (χ0v) is 13.1. The lowest BCUT2D eigenvalue weighted by Crippen LogP contribution is -2.47. The number of nitrogens with zero attached hydrogens (tertiary/aromatic N) is 2. The second-order valence-corrected chi connectivity index (χ2v) is 6.08. The highest BCUT2D eigenvalue weighted by atomic mass is 16.5. The molecule has 1 aromatic rings. The second-order valence-electron chi connectivity index (χ2n) is 6.08.